The number of amides is 2. The molecule has 2 aromatic heterocycles. The fourth-order valence-corrected chi connectivity index (χ4v) is 4.62. The van der Waals surface area contributed by atoms with Crippen molar-refractivity contribution < 1.29 is 18.7 Å². The SMILES string of the molecule is COC(=O)c1nc(Nc2ccccc2NC(=O)Nc2ccc(-c3ccccc3)nn2)sc1-c1ccc(F)cc1. The maximum absolute atomic E-state index is 13.4. The van der Waals surface area contributed by atoms with Crippen molar-refractivity contribution in [2.24, 2.45) is 0 Å². The van der Waals surface area contributed by atoms with E-state index >= 15 is 0 Å². The first-order valence-electron chi connectivity index (χ1n) is 11.7. The Kier molecular flexibility index (Phi) is 7.51. The summed E-state index contributed by atoms with van der Waals surface area (Å²) in [6, 6.07) is 25.3. The van der Waals surface area contributed by atoms with Crippen LogP contribution in [0.5, 0.6) is 0 Å². The van der Waals surface area contributed by atoms with Crippen LogP contribution in [0.4, 0.5) is 31.5 Å². The summed E-state index contributed by atoms with van der Waals surface area (Å²) in [4.78, 5) is 30.0. The van der Waals surface area contributed by atoms with Gasteiger partial charge in [-0.15, -0.1) is 10.2 Å². The van der Waals surface area contributed by atoms with Crippen LogP contribution in [-0.2, 0) is 4.74 Å². The lowest BCUT2D eigenvalue weighted by molar-refractivity contribution is 0.0596. The molecule has 0 aliphatic heterocycles. The third-order valence-corrected chi connectivity index (χ3v) is 6.52. The van der Waals surface area contributed by atoms with Crippen LogP contribution >= 0.6 is 11.3 Å². The molecule has 11 heteroatoms. The van der Waals surface area contributed by atoms with E-state index in [0.717, 1.165) is 5.56 Å². The number of para-hydroxylation sites is 2. The Hall–Kier alpha value is -5.16. The van der Waals surface area contributed by atoms with Gasteiger partial charge < -0.3 is 15.4 Å². The van der Waals surface area contributed by atoms with Gasteiger partial charge in [-0.25, -0.2) is 19.0 Å². The van der Waals surface area contributed by atoms with Gasteiger partial charge in [0.2, 0.25) is 0 Å². The molecule has 2 amide bonds. The van der Waals surface area contributed by atoms with E-state index in [1.807, 2.05) is 30.3 Å². The van der Waals surface area contributed by atoms with E-state index in [-0.39, 0.29) is 11.5 Å². The highest BCUT2D eigenvalue weighted by molar-refractivity contribution is 7.19. The largest absolute Gasteiger partial charge is 0.464 e. The number of anilines is 4. The van der Waals surface area contributed by atoms with E-state index in [4.69, 9.17) is 4.74 Å². The normalized spacial score (nSPS) is 10.5. The van der Waals surface area contributed by atoms with E-state index in [1.165, 1.54) is 30.6 Å². The summed E-state index contributed by atoms with van der Waals surface area (Å²) in [7, 11) is 1.26. The van der Waals surface area contributed by atoms with Crippen molar-refractivity contribution in [3.05, 3.63) is 103 Å². The summed E-state index contributed by atoms with van der Waals surface area (Å²) in [5.74, 6) is -0.731. The highest BCUT2D eigenvalue weighted by atomic mass is 32.1. The number of carbonyl (C=O) groups is 2. The molecule has 0 spiro atoms. The number of urea groups is 1. The number of carbonyl (C=O) groups excluding carboxylic acids is 2. The molecule has 0 fully saturated rings. The summed E-state index contributed by atoms with van der Waals surface area (Å²) in [6.45, 7) is 0. The molecule has 0 saturated heterocycles. The van der Waals surface area contributed by atoms with Gasteiger partial charge in [-0.3, -0.25) is 5.32 Å². The lowest BCUT2D eigenvalue weighted by atomic mass is 10.1. The molecule has 39 heavy (non-hydrogen) atoms. The van der Waals surface area contributed by atoms with Gasteiger partial charge in [0.25, 0.3) is 0 Å². The van der Waals surface area contributed by atoms with E-state index in [9.17, 15) is 14.0 Å². The predicted molar refractivity (Wildman–Crippen MR) is 149 cm³/mol. The quantitative estimate of drug-likeness (QED) is 0.200. The number of methoxy groups -OCH3 is 1. The molecule has 3 aromatic carbocycles. The number of benzene rings is 3. The van der Waals surface area contributed by atoms with Crippen LogP contribution in [0.2, 0.25) is 0 Å². The molecular weight excluding hydrogens is 519 g/mol. The Morgan fingerprint density at radius 3 is 2.21 bits per heavy atom. The first kappa shape index (κ1) is 25.5. The molecule has 9 nitrogen and oxygen atoms in total. The number of hydrogen-bond donors (Lipinski definition) is 3. The number of thiazole rings is 1. The molecule has 0 radical (unpaired) electrons. The number of rotatable bonds is 7. The lowest BCUT2D eigenvalue weighted by Crippen LogP contribution is -2.21. The molecule has 0 atom stereocenters. The average molecular weight is 541 g/mol. The van der Waals surface area contributed by atoms with Crippen LogP contribution in [0.25, 0.3) is 21.7 Å². The Morgan fingerprint density at radius 2 is 1.51 bits per heavy atom. The Balaban J connectivity index is 1.32. The van der Waals surface area contributed by atoms with Crippen molar-refractivity contribution >= 4 is 45.7 Å². The Labute approximate surface area is 226 Å². The Bertz CT molecular complexity index is 1610. The summed E-state index contributed by atoms with van der Waals surface area (Å²) >= 11 is 1.19. The van der Waals surface area contributed by atoms with Gasteiger partial charge in [-0.1, -0.05) is 65.9 Å². The average Bonchev–Trinajstić information content (AvgIpc) is 3.38. The summed E-state index contributed by atoms with van der Waals surface area (Å²) in [5.41, 5.74) is 3.31. The number of ether oxygens (including phenoxy) is 1. The van der Waals surface area contributed by atoms with Crippen LogP contribution in [0.3, 0.4) is 0 Å². The maximum Gasteiger partial charge on any atom is 0.358 e. The molecular formula is C28H21FN6O3S. The summed E-state index contributed by atoms with van der Waals surface area (Å²) in [5, 5.41) is 17.2. The van der Waals surface area contributed by atoms with E-state index in [0.29, 0.717) is 32.6 Å². The van der Waals surface area contributed by atoms with Crippen molar-refractivity contribution in [1.29, 1.82) is 0 Å². The first-order chi connectivity index (χ1) is 19.0. The molecule has 0 aliphatic carbocycles. The second kappa shape index (κ2) is 11.5. The molecule has 0 saturated carbocycles. The van der Waals surface area contributed by atoms with Gasteiger partial charge in [-0.05, 0) is 42.0 Å². The smallest absolute Gasteiger partial charge is 0.358 e. The van der Waals surface area contributed by atoms with Crippen molar-refractivity contribution in [1.82, 2.24) is 15.2 Å². The highest BCUT2D eigenvalue weighted by Crippen LogP contribution is 2.36. The maximum atomic E-state index is 13.4. The molecule has 0 bridgehead atoms. The number of aromatic nitrogens is 3. The number of hydrogen-bond acceptors (Lipinski definition) is 8. The zero-order valence-corrected chi connectivity index (χ0v) is 21.3. The topological polar surface area (TPSA) is 118 Å². The van der Waals surface area contributed by atoms with Crippen molar-refractivity contribution in [2.45, 2.75) is 0 Å². The molecule has 0 unspecified atom stereocenters. The van der Waals surface area contributed by atoms with Gasteiger partial charge in [0.15, 0.2) is 16.6 Å². The van der Waals surface area contributed by atoms with E-state index in [2.05, 4.69) is 31.1 Å². The minimum Gasteiger partial charge on any atom is -0.464 e. The number of nitrogens with zero attached hydrogens (tertiary/aromatic N) is 3. The summed E-state index contributed by atoms with van der Waals surface area (Å²) < 4.78 is 18.3. The zero-order valence-electron chi connectivity index (χ0n) is 20.5. The van der Waals surface area contributed by atoms with Crippen LogP contribution in [-0.4, -0.2) is 34.3 Å². The molecule has 5 rings (SSSR count). The number of esters is 1. The third-order valence-electron chi connectivity index (χ3n) is 5.50. The monoisotopic (exact) mass is 540 g/mol. The van der Waals surface area contributed by atoms with Gasteiger partial charge in [-0.2, -0.15) is 0 Å². The summed E-state index contributed by atoms with van der Waals surface area (Å²) in [6.07, 6.45) is 0. The fraction of sp³-hybridized carbons (Fsp3) is 0.0357. The van der Waals surface area contributed by atoms with E-state index < -0.39 is 17.8 Å². The minimum absolute atomic E-state index is 0.0947. The number of halogens is 1. The van der Waals surface area contributed by atoms with Crippen LogP contribution in [0, 0.1) is 5.82 Å². The van der Waals surface area contributed by atoms with E-state index in [1.54, 1.807) is 48.5 Å². The Morgan fingerprint density at radius 1 is 0.795 bits per heavy atom. The second-order valence-electron chi connectivity index (χ2n) is 8.11. The standard InChI is InChI=1S/C28H21FN6O3S/c1-38-26(36)24-25(18-11-13-19(29)14-12-18)39-28(33-24)31-22-10-6-5-9-21(22)30-27(37)32-23-16-15-20(34-35-23)17-7-3-2-4-8-17/h2-16H,1H3,(H,31,33)(H2,30,32,35,37). The zero-order chi connectivity index (χ0) is 27.2. The highest BCUT2D eigenvalue weighted by Gasteiger charge is 2.21. The minimum atomic E-state index is -0.621. The number of nitrogens with one attached hydrogen (secondary N) is 3. The van der Waals surface area contributed by atoms with Gasteiger partial charge >= 0.3 is 12.0 Å². The van der Waals surface area contributed by atoms with Gasteiger partial charge in [0.1, 0.15) is 5.82 Å². The fourth-order valence-electron chi connectivity index (χ4n) is 3.65. The predicted octanol–water partition coefficient (Wildman–Crippen LogP) is 6.58. The second-order valence-corrected chi connectivity index (χ2v) is 9.11. The first-order valence-corrected chi connectivity index (χ1v) is 12.5. The molecule has 5 aromatic rings. The van der Waals surface area contributed by atoms with Crippen LogP contribution in [0.15, 0.2) is 91.0 Å². The van der Waals surface area contributed by atoms with Crippen molar-refractivity contribution in [3.8, 4) is 21.7 Å². The van der Waals surface area contributed by atoms with Gasteiger partial charge in [0.05, 0.1) is 29.1 Å². The lowest BCUT2D eigenvalue weighted by Gasteiger charge is -2.12. The van der Waals surface area contributed by atoms with Crippen LogP contribution < -0.4 is 16.0 Å². The van der Waals surface area contributed by atoms with Crippen molar-refractivity contribution in [3.63, 3.8) is 0 Å². The third kappa shape index (κ3) is 6.05. The molecule has 3 N–H and O–H groups in total. The van der Waals surface area contributed by atoms with Gasteiger partial charge in [0, 0.05) is 5.56 Å². The molecule has 2 heterocycles. The molecule has 0 aliphatic rings. The molecule has 194 valence electrons. The van der Waals surface area contributed by atoms with Crippen molar-refractivity contribution in [2.75, 3.05) is 23.1 Å². The van der Waals surface area contributed by atoms with Crippen LogP contribution in [0.1, 0.15) is 10.5 Å².